The quantitative estimate of drug-likeness (QED) is 0.920. The van der Waals surface area contributed by atoms with Crippen molar-refractivity contribution in [3.8, 4) is 0 Å². The number of hydrogen-bond donors (Lipinski definition) is 1. The third-order valence-electron chi connectivity index (χ3n) is 4.64. The summed E-state index contributed by atoms with van der Waals surface area (Å²) in [7, 11) is 1.82. The number of aromatic nitrogens is 2. The first-order valence-electron chi connectivity index (χ1n) is 8.17. The second-order valence-electron chi connectivity index (χ2n) is 6.42. The van der Waals surface area contributed by atoms with Crippen molar-refractivity contribution < 1.29 is 4.79 Å². The van der Waals surface area contributed by atoms with Crippen LogP contribution in [-0.2, 0) is 18.5 Å². The smallest absolute Gasteiger partial charge is 0.329 e. The van der Waals surface area contributed by atoms with Crippen molar-refractivity contribution in [1.29, 1.82) is 0 Å². The maximum Gasteiger partial charge on any atom is 0.329 e. The third-order valence-corrected chi connectivity index (χ3v) is 4.64. The highest BCUT2D eigenvalue weighted by Gasteiger charge is 2.21. The predicted octanol–water partition coefficient (Wildman–Crippen LogP) is 1.15. The van der Waals surface area contributed by atoms with Gasteiger partial charge in [0.2, 0.25) is 5.91 Å². The Morgan fingerprint density at radius 3 is 2.78 bits per heavy atom. The molecule has 0 aliphatic carbocycles. The lowest BCUT2D eigenvalue weighted by Gasteiger charge is -2.32. The molecule has 2 heterocycles. The van der Waals surface area contributed by atoms with Gasteiger partial charge >= 0.3 is 5.69 Å². The zero-order chi connectivity index (χ0) is 16.4. The molecule has 1 aromatic carbocycles. The van der Waals surface area contributed by atoms with Gasteiger partial charge in [0, 0.05) is 27.1 Å². The number of benzene rings is 1. The maximum atomic E-state index is 12.5. The van der Waals surface area contributed by atoms with Crippen LogP contribution in [-0.4, -0.2) is 39.6 Å². The molecule has 1 fully saturated rings. The largest absolute Gasteiger partial charge is 0.356 e. The van der Waals surface area contributed by atoms with Gasteiger partial charge < -0.3 is 5.32 Å². The number of likely N-dealkylation sites (tertiary alicyclic amines) is 1. The molecule has 0 spiro atoms. The summed E-state index contributed by atoms with van der Waals surface area (Å²) in [6, 6.07) is 7.89. The van der Waals surface area contributed by atoms with Gasteiger partial charge in [0.05, 0.1) is 17.7 Å². The first kappa shape index (κ1) is 15.8. The van der Waals surface area contributed by atoms with Crippen LogP contribution in [0, 0.1) is 5.92 Å². The van der Waals surface area contributed by atoms with Crippen LogP contribution in [0.15, 0.2) is 29.1 Å². The van der Waals surface area contributed by atoms with E-state index >= 15 is 0 Å². The molecule has 1 N–H and O–H groups in total. The molecule has 0 radical (unpaired) electrons. The van der Waals surface area contributed by atoms with Gasteiger partial charge in [-0.1, -0.05) is 12.1 Å². The molecule has 1 saturated heterocycles. The van der Waals surface area contributed by atoms with E-state index in [9.17, 15) is 9.59 Å². The summed E-state index contributed by atoms with van der Waals surface area (Å²) in [5.74, 6) is 0.478. The third kappa shape index (κ3) is 3.32. The molecule has 3 rings (SSSR count). The van der Waals surface area contributed by atoms with Gasteiger partial charge in [-0.15, -0.1) is 0 Å². The number of nitrogens with one attached hydrogen (secondary N) is 1. The molecule has 6 nitrogen and oxygen atoms in total. The molecule has 1 aliphatic rings. The molecule has 0 saturated carbocycles. The normalized spacial score (nSPS) is 19.1. The van der Waals surface area contributed by atoms with E-state index in [1.54, 1.807) is 11.5 Å². The number of nitrogens with zero attached hydrogens (tertiary/aromatic N) is 3. The van der Waals surface area contributed by atoms with Gasteiger partial charge in [-0.25, -0.2) is 4.79 Å². The monoisotopic (exact) mass is 316 g/mol. The van der Waals surface area contributed by atoms with E-state index < -0.39 is 0 Å². The van der Waals surface area contributed by atoms with Crippen LogP contribution in [0.1, 0.15) is 19.8 Å². The molecule has 1 aliphatic heterocycles. The minimum Gasteiger partial charge on any atom is -0.356 e. The van der Waals surface area contributed by atoms with E-state index in [4.69, 9.17) is 0 Å². The molecule has 1 aromatic heterocycles. The summed E-state index contributed by atoms with van der Waals surface area (Å²) in [6.07, 6.45) is 2.23. The number of carbonyl (C=O) groups excluding carboxylic acids is 1. The van der Waals surface area contributed by atoms with Crippen molar-refractivity contribution >= 4 is 16.9 Å². The number of para-hydroxylation sites is 2. The zero-order valence-electron chi connectivity index (χ0n) is 13.8. The van der Waals surface area contributed by atoms with Gasteiger partial charge in [-0.05, 0) is 37.4 Å². The van der Waals surface area contributed by atoms with Gasteiger partial charge in [0.1, 0.15) is 0 Å². The van der Waals surface area contributed by atoms with Gasteiger partial charge in [-0.2, -0.15) is 0 Å². The second-order valence-corrected chi connectivity index (χ2v) is 6.42. The van der Waals surface area contributed by atoms with Crippen LogP contribution in [0.3, 0.4) is 0 Å². The average molecular weight is 316 g/mol. The molecule has 124 valence electrons. The summed E-state index contributed by atoms with van der Waals surface area (Å²) in [5, 5.41) is 2.91. The van der Waals surface area contributed by atoms with E-state index in [1.807, 2.05) is 35.9 Å². The molecular weight excluding hydrogens is 292 g/mol. The van der Waals surface area contributed by atoms with Gasteiger partial charge in [0.25, 0.3) is 0 Å². The van der Waals surface area contributed by atoms with Crippen molar-refractivity contribution in [1.82, 2.24) is 19.4 Å². The van der Waals surface area contributed by atoms with Crippen molar-refractivity contribution in [2.24, 2.45) is 13.0 Å². The Balaban J connectivity index is 1.76. The van der Waals surface area contributed by atoms with E-state index in [1.165, 1.54) is 0 Å². The first-order valence-corrected chi connectivity index (χ1v) is 8.17. The zero-order valence-corrected chi connectivity index (χ0v) is 13.8. The number of aryl methyl sites for hydroxylation is 1. The minimum absolute atomic E-state index is 0.0207. The Hall–Kier alpha value is -2.08. The molecule has 23 heavy (non-hydrogen) atoms. The number of fused-ring (bicyclic) bond motifs is 1. The lowest BCUT2D eigenvalue weighted by molar-refractivity contribution is -0.119. The average Bonchev–Trinajstić information content (AvgIpc) is 2.79. The number of imidazole rings is 1. The van der Waals surface area contributed by atoms with Gasteiger partial charge in [0.15, 0.2) is 0 Å². The molecule has 1 atom stereocenters. The molecule has 0 bridgehead atoms. The fourth-order valence-electron chi connectivity index (χ4n) is 3.43. The fourth-order valence-corrected chi connectivity index (χ4v) is 3.43. The van der Waals surface area contributed by atoms with E-state index in [0.717, 1.165) is 43.5 Å². The Morgan fingerprint density at radius 1 is 1.30 bits per heavy atom. The number of rotatable bonds is 4. The topological polar surface area (TPSA) is 59.3 Å². The van der Waals surface area contributed by atoms with Crippen LogP contribution in [0.5, 0.6) is 0 Å². The number of amides is 1. The molecule has 6 heteroatoms. The Labute approximate surface area is 135 Å². The van der Waals surface area contributed by atoms with Crippen LogP contribution in [0.4, 0.5) is 0 Å². The SMILES string of the molecule is CC(=O)NC[C@@H]1CCCN(Cn2c(=O)n(C)c3ccccc32)C1. The highest BCUT2D eigenvalue weighted by molar-refractivity contribution is 5.75. The first-order chi connectivity index (χ1) is 11.1. The predicted molar refractivity (Wildman–Crippen MR) is 90.2 cm³/mol. The van der Waals surface area contributed by atoms with Crippen molar-refractivity contribution in [2.45, 2.75) is 26.4 Å². The van der Waals surface area contributed by atoms with Crippen LogP contribution in [0.2, 0.25) is 0 Å². The number of hydrogen-bond acceptors (Lipinski definition) is 3. The highest BCUT2D eigenvalue weighted by atomic mass is 16.2. The molecule has 0 unspecified atom stereocenters. The summed E-state index contributed by atoms with van der Waals surface area (Å²) in [4.78, 5) is 25.9. The second kappa shape index (κ2) is 6.58. The lowest BCUT2D eigenvalue weighted by Crippen LogP contribution is -2.42. The number of piperidine rings is 1. The van der Waals surface area contributed by atoms with Crippen LogP contribution in [0.25, 0.3) is 11.0 Å². The highest BCUT2D eigenvalue weighted by Crippen LogP contribution is 2.18. The van der Waals surface area contributed by atoms with Crippen molar-refractivity contribution in [3.05, 3.63) is 34.7 Å². The summed E-state index contributed by atoms with van der Waals surface area (Å²) >= 11 is 0. The summed E-state index contributed by atoms with van der Waals surface area (Å²) in [5.41, 5.74) is 1.96. The Kier molecular flexibility index (Phi) is 4.52. The van der Waals surface area contributed by atoms with Gasteiger partial charge in [-0.3, -0.25) is 18.8 Å². The minimum atomic E-state index is 0.0207. The number of carbonyl (C=O) groups is 1. The summed E-state index contributed by atoms with van der Waals surface area (Å²) in [6.45, 7) is 4.78. The Bertz CT molecular complexity index is 762. The lowest BCUT2D eigenvalue weighted by atomic mass is 9.98. The van der Waals surface area contributed by atoms with E-state index in [2.05, 4.69) is 10.2 Å². The molecule has 1 amide bonds. The van der Waals surface area contributed by atoms with Crippen LogP contribution < -0.4 is 11.0 Å². The maximum absolute atomic E-state index is 12.5. The van der Waals surface area contributed by atoms with E-state index in [0.29, 0.717) is 12.6 Å². The summed E-state index contributed by atoms with van der Waals surface area (Å²) < 4.78 is 3.55. The molecule has 2 aromatic rings. The fraction of sp³-hybridized carbons (Fsp3) is 0.529. The van der Waals surface area contributed by atoms with Crippen molar-refractivity contribution in [2.75, 3.05) is 19.6 Å². The van der Waals surface area contributed by atoms with Crippen LogP contribution >= 0.6 is 0 Å². The van der Waals surface area contributed by atoms with E-state index in [-0.39, 0.29) is 11.6 Å². The van der Waals surface area contributed by atoms with Crippen molar-refractivity contribution in [3.63, 3.8) is 0 Å². The molecular formula is C17H24N4O2. The Morgan fingerprint density at radius 2 is 2.04 bits per heavy atom. The standard InChI is InChI=1S/C17H24N4O2/c1-13(22)18-10-14-6-5-9-20(11-14)12-21-16-8-4-3-7-15(16)19(2)17(21)23/h3-4,7-8,14H,5-6,9-12H2,1-2H3,(H,18,22)/t14-/m0/s1.